The number of carbonyl (C=O) groups excluding carboxylic acids is 1. The first kappa shape index (κ1) is 12.5. The van der Waals surface area contributed by atoms with Crippen molar-refractivity contribution in [3.8, 4) is 11.4 Å². The van der Waals surface area contributed by atoms with Gasteiger partial charge in [0, 0.05) is 0 Å². The smallest absolute Gasteiger partial charge is 0.344 e. The van der Waals surface area contributed by atoms with Crippen LogP contribution >= 0.6 is 11.6 Å². The van der Waals surface area contributed by atoms with E-state index in [2.05, 4.69) is 15.4 Å². The Labute approximate surface area is 108 Å². The maximum atomic E-state index is 11.8. The average Bonchev–Trinajstić information content (AvgIpc) is 2.72. The van der Waals surface area contributed by atoms with Crippen LogP contribution in [0.2, 0.25) is 5.15 Å². The molecular formula is C11H10ClN3O3. The first-order valence-corrected chi connectivity index (χ1v) is 5.64. The van der Waals surface area contributed by atoms with Gasteiger partial charge in [0.25, 0.3) is 0 Å². The Morgan fingerprint density at radius 1 is 1.44 bits per heavy atom. The van der Waals surface area contributed by atoms with Gasteiger partial charge in [0.1, 0.15) is 22.7 Å². The molecule has 2 rings (SSSR count). The zero-order valence-corrected chi connectivity index (χ0v) is 10.6. The SMILES string of the molecule is CCOC(=O)c1c(-c2ccc(Cl)nn2)noc1C. The highest BCUT2D eigenvalue weighted by Gasteiger charge is 2.23. The van der Waals surface area contributed by atoms with Crippen LogP contribution in [0, 0.1) is 6.92 Å². The third-order valence-corrected chi connectivity index (χ3v) is 2.42. The number of ether oxygens (including phenoxy) is 1. The monoisotopic (exact) mass is 267 g/mol. The summed E-state index contributed by atoms with van der Waals surface area (Å²) in [5.41, 5.74) is 0.961. The number of hydrogen-bond donors (Lipinski definition) is 0. The number of halogens is 1. The number of rotatable bonds is 3. The highest BCUT2D eigenvalue weighted by molar-refractivity contribution is 6.29. The fraction of sp³-hybridized carbons (Fsp3) is 0.273. The van der Waals surface area contributed by atoms with Gasteiger partial charge in [-0.3, -0.25) is 0 Å². The van der Waals surface area contributed by atoms with Gasteiger partial charge in [0.2, 0.25) is 0 Å². The Hall–Kier alpha value is -1.95. The molecule has 0 atom stereocenters. The molecule has 0 fully saturated rings. The lowest BCUT2D eigenvalue weighted by atomic mass is 10.1. The van der Waals surface area contributed by atoms with Crippen LogP contribution in [0.3, 0.4) is 0 Å². The fourth-order valence-electron chi connectivity index (χ4n) is 1.43. The van der Waals surface area contributed by atoms with Gasteiger partial charge < -0.3 is 9.26 Å². The third kappa shape index (κ3) is 2.33. The molecule has 0 aliphatic rings. The Kier molecular flexibility index (Phi) is 3.57. The molecule has 2 aromatic rings. The van der Waals surface area contributed by atoms with E-state index in [0.29, 0.717) is 17.1 Å². The van der Waals surface area contributed by atoms with Crippen LogP contribution in [0.5, 0.6) is 0 Å². The van der Waals surface area contributed by atoms with Crippen LogP contribution < -0.4 is 0 Å². The number of nitrogens with zero attached hydrogens (tertiary/aromatic N) is 3. The summed E-state index contributed by atoms with van der Waals surface area (Å²) in [6.07, 6.45) is 0. The lowest BCUT2D eigenvalue weighted by molar-refractivity contribution is 0.0525. The Balaban J connectivity index is 2.45. The molecule has 0 spiro atoms. The van der Waals surface area contributed by atoms with Crippen LogP contribution in [-0.4, -0.2) is 27.9 Å². The Morgan fingerprint density at radius 3 is 2.83 bits per heavy atom. The number of esters is 1. The summed E-state index contributed by atoms with van der Waals surface area (Å²) in [4.78, 5) is 11.8. The summed E-state index contributed by atoms with van der Waals surface area (Å²) in [6, 6.07) is 3.16. The van der Waals surface area contributed by atoms with Gasteiger partial charge in [-0.15, -0.1) is 10.2 Å². The van der Waals surface area contributed by atoms with Crippen molar-refractivity contribution in [2.24, 2.45) is 0 Å². The molecule has 0 unspecified atom stereocenters. The highest BCUT2D eigenvalue weighted by Crippen LogP contribution is 2.24. The number of aryl methyl sites for hydroxylation is 1. The predicted molar refractivity (Wildman–Crippen MR) is 63.2 cm³/mol. The molecule has 0 saturated carbocycles. The summed E-state index contributed by atoms with van der Waals surface area (Å²) < 4.78 is 9.94. The fourth-order valence-corrected chi connectivity index (χ4v) is 1.53. The van der Waals surface area contributed by atoms with E-state index in [1.165, 1.54) is 0 Å². The van der Waals surface area contributed by atoms with Gasteiger partial charge in [-0.05, 0) is 26.0 Å². The van der Waals surface area contributed by atoms with Gasteiger partial charge in [0.15, 0.2) is 5.15 Å². The van der Waals surface area contributed by atoms with Crippen molar-refractivity contribution >= 4 is 17.6 Å². The molecule has 2 heterocycles. The van der Waals surface area contributed by atoms with Crippen molar-refractivity contribution in [3.63, 3.8) is 0 Å². The van der Waals surface area contributed by atoms with E-state index in [9.17, 15) is 4.79 Å². The van der Waals surface area contributed by atoms with Gasteiger partial charge in [-0.2, -0.15) is 0 Å². The zero-order chi connectivity index (χ0) is 13.1. The second-order valence-corrected chi connectivity index (χ2v) is 3.81. The van der Waals surface area contributed by atoms with E-state index in [4.69, 9.17) is 20.9 Å². The molecule has 0 aliphatic carbocycles. The van der Waals surface area contributed by atoms with E-state index in [-0.39, 0.29) is 17.3 Å². The molecule has 0 amide bonds. The summed E-state index contributed by atoms with van der Waals surface area (Å²) in [6.45, 7) is 3.63. The van der Waals surface area contributed by atoms with Crippen LogP contribution in [0.4, 0.5) is 0 Å². The maximum Gasteiger partial charge on any atom is 0.344 e. The lowest BCUT2D eigenvalue weighted by Gasteiger charge is -2.01. The molecular weight excluding hydrogens is 258 g/mol. The molecule has 0 bridgehead atoms. The van der Waals surface area contributed by atoms with Gasteiger partial charge in [-0.25, -0.2) is 4.79 Å². The molecule has 0 aromatic carbocycles. The van der Waals surface area contributed by atoms with Crippen LogP contribution in [0.25, 0.3) is 11.4 Å². The van der Waals surface area contributed by atoms with E-state index >= 15 is 0 Å². The standard InChI is InChI=1S/C11H10ClN3O3/c1-3-17-11(16)9-6(2)18-15-10(9)7-4-5-8(12)14-13-7/h4-5H,3H2,1-2H3. The topological polar surface area (TPSA) is 78.1 Å². The van der Waals surface area contributed by atoms with Gasteiger partial charge in [0.05, 0.1) is 6.61 Å². The second kappa shape index (κ2) is 5.14. The number of hydrogen-bond acceptors (Lipinski definition) is 6. The first-order valence-electron chi connectivity index (χ1n) is 5.26. The van der Waals surface area contributed by atoms with Crippen molar-refractivity contribution in [2.75, 3.05) is 6.61 Å². The average molecular weight is 268 g/mol. The van der Waals surface area contributed by atoms with Crippen LogP contribution in [0.1, 0.15) is 23.0 Å². The Bertz CT molecular complexity index is 565. The lowest BCUT2D eigenvalue weighted by Crippen LogP contribution is -2.07. The molecule has 0 saturated heterocycles. The predicted octanol–water partition coefficient (Wildman–Crippen LogP) is 2.27. The van der Waals surface area contributed by atoms with Crippen molar-refractivity contribution < 1.29 is 14.1 Å². The number of carbonyl (C=O) groups is 1. The normalized spacial score (nSPS) is 10.4. The first-order chi connectivity index (χ1) is 8.63. The minimum absolute atomic E-state index is 0.258. The minimum Gasteiger partial charge on any atom is -0.462 e. The van der Waals surface area contributed by atoms with Crippen molar-refractivity contribution in [1.29, 1.82) is 0 Å². The molecule has 0 radical (unpaired) electrons. The summed E-state index contributed by atoms with van der Waals surface area (Å²) in [5, 5.41) is 11.6. The molecule has 2 aromatic heterocycles. The quantitative estimate of drug-likeness (QED) is 0.794. The zero-order valence-electron chi connectivity index (χ0n) is 9.81. The maximum absolute atomic E-state index is 11.8. The van der Waals surface area contributed by atoms with Crippen LogP contribution in [-0.2, 0) is 4.74 Å². The van der Waals surface area contributed by atoms with Crippen molar-refractivity contribution in [1.82, 2.24) is 15.4 Å². The van der Waals surface area contributed by atoms with Crippen LogP contribution in [0.15, 0.2) is 16.7 Å². The number of aromatic nitrogens is 3. The molecule has 0 aliphatic heterocycles. The Morgan fingerprint density at radius 2 is 2.22 bits per heavy atom. The van der Waals surface area contributed by atoms with Gasteiger partial charge >= 0.3 is 5.97 Å². The van der Waals surface area contributed by atoms with E-state index in [0.717, 1.165) is 0 Å². The minimum atomic E-state index is -0.497. The molecule has 0 N–H and O–H groups in total. The molecule has 7 heteroatoms. The third-order valence-electron chi connectivity index (χ3n) is 2.22. The molecule has 6 nitrogen and oxygen atoms in total. The largest absolute Gasteiger partial charge is 0.462 e. The molecule has 18 heavy (non-hydrogen) atoms. The summed E-state index contributed by atoms with van der Waals surface area (Å²) in [7, 11) is 0. The van der Waals surface area contributed by atoms with Gasteiger partial charge in [-0.1, -0.05) is 16.8 Å². The van der Waals surface area contributed by atoms with E-state index in [1.807, 2.05) is 0 Å². The second-order valence-electron chi connectivity index (χ2n) is 3.42. The molecule has 94 valence electrons. The summed E-state index contributed by atoms with van der Waals surface area (Å²) in [5.74, 6) is -0.122. The van der Waals surface area contributed by atoms with Crippen molar-refractivity contribution in [3.05, 3.63) is 28.6 Å². The summed E-state index contributed by atoms with van der Waals surface area (Å²) >= 11 is 5.65. The van der Waals surface area contributed by atoms with E-state index in [1.54, 1.807) is 26.0 Å². The highest BCUT2D eigenvalue weighted by atomic mass is 35.5. The van der Waals surface area contributed by atoms with E-state index < -0.39 is 5.97 Å². The van der Waals surface area contributed by atoms with Crippen molar-refractivity contribution in [2.45, 2.75) is 13.8 Å².